The third-order valence-corrected chi connectivity index (χ3v) is 3.35. The molecular weight excluding hydrogens is 242 g/mol. The summed E-state index contributed by atoms with van der Waals surface area (Å²) in [6.07, 6.45) is 1.70. The molecule has 0 radical (unpaired) electrons. The minimum atomic E-state index is -0.0419. The summed E-state index contributed by atoms with van der Waals surface area (Å²) in [5, 5.41) is 10.7. The van der Waals surface area contributed by atoms with Crippen LogP contribution in [0.15, 0.2) is 6.20 Å². The number of nitrogens with one attached hydrogen (secondary N) is 1. The monoisotopic (exact) mass is 267 g/mol. The van der Waals surface area contributed by atoms with Gasteiger partial charge in [0.05, 0.1) is 11.9 Å². The number of carbonyl (C=O) groups is 1. The highest BCUT2D eigenvalue weighted by Gasteiger charge is 2.18. The van der Waals surface area contributed by atoms with E-state index in [4.69, 9.17) is 5.73 Å². The van der Waals surface area contributed by atoms with Gasteiger partial charge >= 0.3 is 0 Å². The van der Waals surface area contributed by atoms with Gasteiger partial charge in [0, 0.05) is 13.1 Å². The molecule has 0 aliphatic carbocycles. The Balaban J connectivity index is 2.42. The summed E-state index contributed by atoms with van der Waals surface area (Å²) in [7, 11) is 0. The minimum absolute atomic E-state index is 0.0419. The Hall–Kier alpha value is -1.43. The lowest BCUT2D eigenvalue weighted by Gasteiger charge is -2.25. The average Bonchev–Trinajstić information content (AvgIpc) is 2.75. The van der Waals surface area contributed by atoms with E-state index in [1.165, 1.54) is 4.68 Å². The molecule has 0 fully saturated rings. The van der Waals surface area contributed by atoms with E-state index in [9.17, 15) is 4.79 Å². The van der Waals surface area contributed by atoms with Gasteiger partial charge in [-0.15, -0.1) is 5.10 Å². The lowest BCUT2D eigenvalue weighted by Crippen LogP contribution is -2.35. The number of aromatic nitrogens is 3. The van der Waals surface area contributed by atoms with E-state index in [0.717, 1.165) is 0 Å². The van der Waals surface area contributed by atoms with Crippen molar-refractivity contribution in [1.29, 1.82) is 0 Å². The van der Waals surface area contributed by atoms with Gasteiger partial charge in [-0.2, -0.15) is 0 Å². The SMILES string of the molecule is CC(C)C(CNC(=O)Cn1cc(CN)nn1)C(C)C. The molecule has 108 valence electrons. The van der Waals surface area contributed by atoms with Gasteiger partial charge in [-0.05, 0) is 17.8 Å². The molecule has 0 atom stereocenters. The Kier molecular flexibility index (Phi) is 5.95. The Morgan fingerprint density at radius 3 is 2.47 bits per heavy atom. The maximum atomic E-state index is 11.8. The van der Waals surface area contributed by atoms with Crippen molar-refractivity contribution in [3.05, 3.63) is 11.9 Å². The maximum absolute atomic E-state index is 11.8. The second kappa shape index (κ2) is 7.23. The molecule has 0 bridgehead atoms. The third kappa shape index (κ3) is 4.98. The van der Waals surface area contributed by atoms with Crippen LogP contribution < -0.4 is 11.1 Å². The van der Waals surface area contributed by atoms with E-state index in [2.05, 4.69) is 43.3 Å². The summed E-state index contributed by atoms with van der Waals surface area (Å²) in [4.78, 5) is 11.8. The highest BCUT2D eigenvalue weighted by atomic mass is 16.2. The summed E-state index contributed by atoms with van der Waals surface area (Å²) in [6, 6.07) is 0. The Bertz CT molecular complexity index is 391. The quantitative estimate of drug-likeness (QED) is 0.764. The maximum Gasteiger partial charge on any atom is 0.241 e. The Morgan fingerprint density at radius 2 is 2.00 bits per heavy atom. The molecule has 0 saturated carbocycles. The van der Waals surface area contributed by atoms with Crippen LogP contribution in [0.5, 0.6) is 0 Å². The van der Waals surface area contributed by atoms with Crippen LogP contribution in [0.2, 0.25) is 0 Å². The normalized spacial score (nSPS) is 11.6. The van der Waals surface area contributed by atoms with Gasteiger partial charge in [0.15, 0.2) is 0 Å². The second-order valence-electron chi connectivity index (χ2n) is 5.57. The van der Waals surface area contributed by atoms with E-state index in [1.807, 2.05) is 0 Å². The van der Waals surface area contributed by atoms with Gasteiger partial charge in [-0.1, -0.05) is 32.9 Å². The zero-order valence-corrected chi connectivity index (χ0v) is 12.3. The molecule has 0 spiro atoms. The minimum Gasteiger partial charge on any atom is -0.354 e. The second-order valence-corrected chi connectivity index (χ2v) is 5.57. The number of nitrogens with two attached hydrogens (primary N) is 1. The fourth-order valence-corrected chi connectivity index (χ4v) is 2.19. The lowest BCUT2D eigenvalue weighted by molar-refractivity contribution is -0.122. The lowest BCUT2D eigenvalue weighted by atomic mass is 9.85. The summed E-state index contributed by atoms with van der Waals surface area (Å²) in [5.74, 6) is 1.55. The molecule has 6 nitrogen and oxygen atoms in total. The van der Waals surface area contributed by atoms with Crippen LogP contribution in [-0.2, 0) is 17.9 Å². The summed E-state index contributed by atoms with van der Waals surface area (Å²) in [6.45, 7) is 9.96. The number of amides is 1. The average molecular weight is 267 g/mol. The molecule has 1 aromatic heterocycles. The molecule has 1 heterocycles. The number of carbonyl (C=O) groups excluding carboxylic acids is 1. The van der Waals surface area contributed by atoms with Crippen LogP contribution in [0.25, 0.3) is 0 Å². The zero-order valence-electron chi connectivity index (χ0n) is 12.3. The summed E-state index contributed by atoms with van der Waals surface area (Å²) in [5.41, 5.74) is 6.13. The molecule has 1 rings (SSSR count). The number of hydrogen-bond acceptors (Lipinski definition) is 4. The smallest absolute Gasteiger partial charge is 0.241 e. The van der Waals surface area contributed by atoms with Crippen molar-refractivity contribution in [2.75, 3.05) is 6.54 Å². The third-order valence-electron chi connectivity index (χ3n) is 3.35. The van der Waals surface area contributed by atoms with Crippen molar-refractivity contribution in [2.24, 2.45) is 23.5 Å². The van der Waals surface area contributed by atoms with Crippen molar-refractivity contribution in [3.8, 4) is 0 Å². The van der Waals surface area contributed by atoms with E-state index >= 15 is 0 Å². The van der Waals surface area contributed by atoms with Gasteiger partial charge in [-0.3, -0.25) is 4.79 Å². The van der Waals surface area contributed by atoms with Crippen LogP contribution in [0.3, 0.4) is 0 Å². The standard InChI is InChI=1S/C13H25N5O/c1-9(2)12(10(3)4)6-15-13(19)8-18-7-11(5-14)16-17-18/h7,9-10,12H,5-6,8,14H2,1-4H3,(H,15,19). The molecule has 1 amide bonds. The van der Waals surface area contributed by atoms with Crippen LogP contribution in [0.4, 0.5) is 0 Å². The van der Waals surface area contributed by atoms with Gasteiger partial charge in [0.1, 0.15) is 6.54 Å². The van der Waals surface area contributed by atoms with Crippen molar-refractivity contribution in [1.82, 2.24) is 20.3 Å². The molecule has 0 unspecified atom stereocenters. The first kappa shape index (κ1) is 15.6. The molecular formula is C13H25N5O. The van der Waals surface area contributed by atoms with Crippen LogP contribution in [0.1, 0.15) is 33.4 Å². The fraction of sp³-hybridized carbons (Fsp3) is 0.769. The highest BCUT2D eigenvalue weighted by molar-refractivity contribution is 5.75. The zero-order chi connectivity index (χ0) is 14.4. The van der Waals surface area contributed by atoms with Gasteiger partial charge in [-0.25, -0.2) is 4.68 Å². The highest BCUT2D eigenvalue weighted by Crippen LogP contribution is 2.19. The fourth-order valence-electron chi connectivity index (χ4n) is 2.19. The number of rotatable bonds is 7. The molecule has 0 aliphatic heterocycles. The topological polar surface area (TPSA) is 85.8 Å². The van der Waals surface area contributed by atoms with E-state index in [0.29, 0.717) is 36.5 Å². The van der Waals surface area contributed by atoms with Gasteiger partial charge in [0.2, 0.25) is 5.91 Å². The van der Waals surface area contributed by atoms with Crippen LogP contribution in [0, 0.1) is 17.8 Å². The first-order valence-electron chi connectivity index (χ1n) is 6.79. The van der Waals surface area contributed by atoms with Crippen molar-refractivity contribution >= 4 is 5.91 Å². The van der Waals surface area contributed by atoms with Crippen molar-refractivity contribution < 1.29 is 4.79 Å². The summed E-state index contributed by atoms with van der Waals surface area (Å²) >= 11 is 0. The predicted octanol–water partition coefficient (Wildman–Crippen LogP) is 0.781. The molecule has 0 aliphatic rings. The Labute approximate surface area is 114 Å². The summed E-state index contributed by atoms with van der Waals surface area (Å²) < 4.78 is 1.51. The van der Waals surface area contributed by atoms with E-state index < -0.39 is 0 Å². The first-order chi connectivity index (χ1) is 8.93. The van der Waals surface area contributed by atoms with E-state index in [-0.39, 0.29) is 12.5 Å². The molecule has 1 aromatic rings. The van der Waals surface area contributed by atoms with Crippen LogP contribution in [-0.4, -0.2) is 27.4 Å². The van der Waals surface area contributed by atoms with Crippen LogP contribution >= 0.6 is 0 Å². The molecule has 0 aromatic carbocycles. The molecule has 3 N–H and O–H groups in total. The molecule has 19 heavy (non-hydrogen) atoms. The Morgan fingerprint density at radius 1 is 1.37 bits per heavy atom. The number of nitrogens with zero attached hydrogens (tertiary/aromatic N) is 3. The van der Waals surface area contributed by atoms with Crippen molar-refractivity contribution in [2.45, 2.75) is 40.8 Å². The number of hydrogen-bond donors (Lipinski definition) is 2. The predicted molar refractivity (Wildman–Crippen MR) is 74.1 cm³/mol. The van der Waals surface area contributed by atoms with Gasteiger partial charge in [0.25, 0.3) is 0 Å². The van der Waals surface area contributed by atoms with E-state index in [1.54, 1.807) is 6.20 Å². The molecule has 6 heteroatoms. The first-order valence-corrected chi connectivity index (χ1v) is 6.79. The largest absolute Gasteiger partial charge is 0.354 e. The molecule has 0 saturated heterocycles. The van der Waals surface area contributed by atoms with Crippen molar-refractivity contribution in [3.63, 3.8) is 0 Å². The van der Waals surface area contributed by atoms with Gasteiger partial charge < -0.3 is 11.1 Å².